The van der Waals surface area contributed by atoms with Crippen molar-refractivity contribution in [2.45, 2.75) is 4.83 Å². The SMILES string of the molecule is FC1=CC2=CN=NC2=C[C@H]1Br. The molecule has 11 heavy (non-hydrogen) atoms. The second kappa shape index (κ2) is 2.37. The number of allylic oxidation sites excluding steroid dienone is 3. The van der Waals surface area contributed by atoms with Crippen LogP contribution in [0.1, 0.15) is 0 Å². The van der Waals surface area contributed by atoms with Crippen molar-refractivity contribution in [1.82, 2.24) is 0 Å². The number of halogens is 2. The molecule has 0 N–H and O–H groups in total. The number of nitrogens with zero attached hydrogens (tertiary/aromatic N) is 2. The van der Waals surface area contributed by atoms with Gasteiger partial charge < -0.3 is 0 Å². The molecule has 0 bridgehead atoms. The second-order valence-electron chi connectivity index (χ2n) is 2.28. The van der Waals surface area contributed by atoms with Crippen molar-refractivity contribution in [2.24, 2.45) is 10.2 Å². The molecule has 2 nitrogen and oxygen atoms in total. The van der Waals surface area contributed by atoms with Gasteiger partial charge in [-0.2, -0.15) is 10.2 Å². The zero-order chi connectivity index (χ0) is 7.84. The maximum atomic E-state index is 12.9. The van der Waals surface area contributed by atoms with Gasteiger partial charge >= 0.3 is 0 Å². The van der Waals surface area contributed by atoms with Crippen LogP contribution >= 0.6 is 15.9 Å². The van der Waals surface area contributed by atoms with Crippen molar-refractivity contribution in [3.63, 3.8) is 0 Å². The van der Waals surface area contributed by atoms with Crippen LogP contribution in [0.5, 0.6) is 0 Å². The van der Waals surface area contributed by atoms with Gasteiger partial charge in [-0.15, -0.1) is 0 Å². The Morgan fingerprint density at radius 2 is 2.36 bits per heavy atom. The van der Waals surface area contributed by atoms with Gasteiger partial charge in [0, 0.05) is 5.57 Å². The molecule has 2 rings (SSSR count). The fourth-order valence-corrected chi connectivity index (χ4v) is 1.35. The minimum Gasteiger partial charge on any atom is -0.210 e. The fourth-order valence-electron chi connectivity index (χ4n) is 0.964. The number of azo groups is 1. The van der Waals surface area contributed by atoms with Gasteiger partial charge in [0.1, 0.15) is 5.83 Å². The molecule has 0 fully saturated rings. The summed E-state index contributed by atoms with van der Waals surface area (Å²) >= 11 is 3.14. The summed E-state index contributed by atoms with van der Waals surface area (Å²) in [7, 11) is 0. The van der Waals surface area contributed by atoms with E-state index in [9.17, 15) is 4.39 Å². The van der Waals surface area contributed by atoms with Crippen LogP contribution in [0.3, 0.4) is 0 Å². The molecule has 1 atom stereocenters. The maximum Gasteiger partial charge on any atom is 0.118 e. The first kappa shape index (κ1) is 6.91. The second-order valence-corrected chi connectivity index (χ2v) is 3.27. The highest BCUT2D eigenvalue weighted by atomic mass is 79.9. The van der Waals surface area contributed by atoms with Gasteiger partial charge in [0.15, 0.2) is 0 Å². The molecule has 0 spiro atoms. The van der Waals surface area contributed by atoms with Gasteiger partial charge in [0.25, 0.3) is 0 Å². The molecule has 0 saturated carbocycles. The van der Waals surface area contributed by atoms with Gasteiger partial charge in [-0.1, -0.05) is 15.9 Å². The molecule has 1 aliphatic heterocycles. The van der Waals surface area contributed by atoms with E-state index in [1.807, 2.05) is 0 Å². The maximum absolute atomic E-state index is 12.9. The fraction of sp³-hybridized carbons (Fsp3) is 0.143. The quantitative estimate of drug-likeness (QED) is 0.555. The molecular formula is C7H4BrFN2. The monoisotopic (exact) mass is 214 g/mol. The van der Waals surface area contributed by atoms with Gasteiger partial charge in [0.2, 0.25) is 0 Å². The lowest BCUT2D eigenvalue weighted by molar-refractivity contribution is 0.621. The topological polar surface area (TPSA) is 24.7 Å². The summed E-state index contributed by atoms with van der Waals surface area (Å²) in [6.45, 7) is 0. The highest BCUT2D eigenvalue weighted by Gasteiger charge is 2.19. The van der Waals surface area contributed by atoms with E-state index in [0.717, 1.165) is 11.3 Å². The van der Waals surface area contributed by atoms with Crippen LogP contribution < -0.4 is 0 Å². The Kier molecular flexibility index (Phi) is 1.49. The van der Waals surface area contributed by atoms with Gasteiger partial charge in [-0.3, -0.25) is 0 Å². The van der Waals surface area contributed by atoms with Crippen LogP contribution in [0.2, 0.25) is 0 Å². The van der Waals surface area contributed by atoms with E-state index in [2.05, 4.69) is 26.2 Å². The number of alkyl halides is 1. The van der Waals surface area contributed by atoms with Crippen LogP contribution in [0.4, 0.5) is 4.39 Å². The summed E-state index contributed by atoms with van der Waals surface area (Å²) in [6, 6.07) is 0. The Bertz CT molecular complexity index is 314. The number of hydrogen-bond acceptors (Lipinski definition) is 2. The minimum absolute atomic E-state index is 0.202. The van der Waals surface area contributed by atoms with Gasteiger partial charge in [-0.05, 0) is 12.2 Å². The van der Waals surface area contributed by atoms with Gasteiger partial charge in [0.05, 0.1) is 16.7 Å². The molecule has 1 aliphatic carbocycles. The largest absolute Gasteiger partial charge is 0.210 e. The molecular weight excluding hydrogens is 211 g/mol. The lowest BCUT2D eigenvalue weighted by Crippen LogP contribution is -2.01. The van der Waals surface area contributed by atoms with Crippen molar-refractivity contribution in [3.8, 4) is 0 Å². The first-order chi connectivity index (χ1) is 5.27. The molecule has 1 heterocycles. The standard InChI is InChI=1S/C7H4BrFN2/c8-5-2-7-4(1-6(5)9)3-10-11-7/h1-3,5H/t5-/m1/s1. The molecule has 0 radical (unpaired) electrons. The number of fused-ring (bicyclic) bond motifs is 1. The molecule has 2 aliphatic rings. The minimum atomic E-state index is -0.341. The Balaban J connectivity index is 2.43. The van der Waals surface area contributed by atoms with E-state index in [0.29, 0.717) is 0 Å². The van der Waals surface area contributed by atoms with Crippen molar-refractivity contribution in [2.75, 3.05) is 0 Å². The first-order valence-corrected chi connectivity index (χ1v) is 4.03. The average molecular weight is 215 g/mol. The van der Waals surface area contributed by atoms with Crippen molar-refractivity contribution >= 4 is 15.9 Å². The summed E-state index contributed by atoms with van der Waals surface area (Å²) in [6.07, 6.45) is 4.68. The zero-order valence-electron chi connectivity index (χ0n) is 5.46. The molecule has 56 valence electrons. The summed E-state index contributed by atoms with van der Waals surface area (Å²) in [5.74, 6) is -0.202. The van der Waals surface area contributed by atoms with E-state index in [1.54, 1.807) is 12.3 Å². The molecule has 4 heteroatoms. The highest BCUT2D eigenvalue weighted by Crippen LogP contribution is 2.31. The number of hydrogen-bond donors (Lipinski definition) is 0. The van der Waals surface area contributed by atoms with Crippen LogP contribution in [0.25, 0.3) is 0 Å². The molecule has 0 saturated heterocycles. The summed E-state index contributed by atoms with van der Waals surface area (Å²) in [5.41, 5.74) is 1.49. The Hall–Kier alpha value is -0.770. The Labute approximate surface area is 71.3 Å². The van der Waals surface area contributed by atoms with Crippen molar-refractivity contribution < 1.29 is 4.39 Å². The van der Waals surface area contributed by atoms with Crippen LogP contribution in [-0.4, -0.2) is 4.83 Å². The predicted molar refractivity (Wildman–Crippen MR) is 42.9 cm³/mol. The predicted octanol–water partition coefficient (Wildman–Crippen LogP) is 2.85. The van der Waals surface area contributed by atoms with E-state index < -0.39 is 0 Å². The summed E-state index contributed by atoms with van der Waals surface area (Å²) in [5, 5.41) is 7.45. The van der Waals surface area contributed by atoms with Crippen LogP contribution in [0, 0.1) is 0 Å². The van der Waals surface area contributed by atoms with E-state index in [-0.39, 0.29) is 10.7 Å². The van der Waals surface area contributed by atoms with E-state index in [4.69, 9.17) is 0 Å². The summed E-state index contributed by atoms with van der Waals surface area (Å²) < 4.78 is 12.9. The average Bonchev–Trinajstić information content (AvgIpc) is 2.36. The lowest BCUT2D eigenvalue weighted by atomic mass is 10.1. The lowest BCUT2D eigenvalue weighted by Gasteiger charge is -2.08. The Morgan fingerprint density at radius 3 is 3.18 bits per heavy atom. The molecule has 0 aromatic rings. The third kappa shape index (κ3) is 1.07. The highest BCUT2D eigenvalue weighted by molar-refractivity contribution is 9.09. The zero-order valence-corrected chi connectivity index (χ0v) is 7.05. The third-order valence-electron chi connectivity index (χ3n) is 1.52. The number of rotatable bonds is 0. The van der Waals surface area contributed by atoms with E-state index in [1.165, 1.54) is 6.08 Å². The van der Waals surface area contributed by atoms with Crippen molar-refractivity contribution in [1.29, 1.82) is 0 Å². The van der Waals surface area contributed by atoms with Crippen molar-refractivity contribution in [3.05, 3.63) is 35.4 Å². The molecule has 0 aromatic heterocycles. The summed E-state index contributed by atoms with van der Waals surface area (Å²) in [4.78, 5) is -0.341. The Morgan fingerprint density at radius 1 is 1.55 bits per heavy atom. The molecule has 0 unspecified atom stereocenters. The van der Waals surface area contributed by atoms with Crippen LogP contribution in [-0.2, 0) is 0 Å². The van der Waals surface area contributed by atoms with E-state index >= 15 is 0 Å². The molecule has 0 aromatic carbocycles. The first-order valence-electron chi connectivity index (χ1n) is 3.12. The third-order valence-corrected chi connectivity index (χ3v) is 2.22. The van der Waals surface area contributed by atoms with Crippen LogP contribution in [0.15, 0.2) is 45.7 Å². The normalized spacial score (nSPS) is 27.5. The smallest absolute Gasteiger partial charge is 0.118 e. The molecule has 0 amide bonds. The van der Waals surface area contributed by atoms with Gasteiger partial charge in [-0.25, -0.2) is 4.39 Å².